The standard InChI is InChI=1S/C19H22N2O/c1-3-12-21-14-15(2)19(18(21)22)11-7-10-17(19)20-13-16-8-5-4-6-9-16/h3-6,8-9H,1-2,7,10-14H2/t19-/m1/s1. The van der Waals surface area contributed by atoms with Crippen LogP contribution < -0.4 is 0 Å². The summed E-state index contributed by atoms with van der Waals surface area (Å²) in [7, 11) is 0. The predicted octanol–water partition coefficient (Wildman–Crippen LogP) is 3.38. The Kier molecular flexibility index (Phi) is 3.97. The summed E-state index contributed by atoms with van der Waals surface area (Å²) >= 11 is 0. The zero-order chi connectivity index (χ0) is 15.6. The minimum Gasteiger partial charge on any atom is -0.334 e. The van der Waals surface area contributed by atoms with Gasteiger partial charge in [0.2, 0.25) is 5.91 Å². The Morgan fingerprint density at radius 1 is 1.32 bits per heavy atom. The monoisotopic (exact) mass is 294 g/mol. The summed E-state index contributed by atoms with van der Waals surface area (Å²) in [6.45, 7) is 9.80. The van der Waals surface area contributed by atoms with Gasteiger partial charge in [0.25, 0.3) is 0 Å². The van der Waals surface area contributed by atoms with Crippen LogP contribution in [-0.4, -0.2) is 29.6 Å². The Morgan fingerprint density at radius 3 is 2.82 bits per heavy atom. The number of likely N-dealkylation sites (tertiary alicyclic amines) is 1. The SMILES string of the molecule is C=CCN1CC(=C)[C@@]2(CCCC2=NCc2ccccc2)C1=O. The number of hydrogen-bond donors (Lipinski definition) is 0. The van der Waals surface area contributed by atoms with Crippen LogP contribution in [0.4, 0.5) is 0 Å². The van der Waals surface area contributed by atoms with Gasteiger partial charge in [-0.15, -0.1) is 6.58 Å². The van der Waals surface area contributed by atoms with Crippen LogP contribution in [-0.2, 0) is 11.3 Å². The number of carbonyl (C=O) groups excluding carboxylic acids is 1. The molecular weight excluding hydrogens is 272 g/mol. The van der Waals surface area contributed by atoms with Crippen molar-refractivity contribution in [2.45, 2.75) is 25.8 Å². The lowest BCUT2D eigenvalue weighted by molar-refractivity contribution is -0.132. The van der Waals surface area contributed by atoms with Gasteiger partial charge in [-0.3, -0.25) is 9.79 Å². The first-order valence-electron chi connectivity index (χ1n) is 7.84. The Morgan fingerprint density at radius 2 is 2.09 bits per heavy atom. The molecule has 1 atom stereocenters. The van der Waals surface area contributed by atoms with Crippen molar-refractivity contribution in [3.63, 3.8) is 0 Å². The highest BCUT2D eigenvalue weighted by Gasteiger charge is 2.54. The van der Waals surface area contributed by atoms with Gasteiger partial charge in [-0.25, -0.2) is 0 Å². The van der Waals surface area contributed by atoms with Gasteiger partial charge in [-0.1, -0.05) is 43.0 Å². The zero-order valence-corrected chi connectivity index (χ0v) is 12.9. The third-order valence-electron chi connectivity index (χ3n) is 4.74. The van der Waals surface area contributed by atoms with Gasteiger partial charge >= 0.3 is 0 Å². The summed E-state index contributed by atoms with van der Waals surface area (Å²) in [6.07, 6.45) is 4.55. The van der Waals surface area contributed by atoms with Crippen LogP contribution in [0.25, 0.3) is 0 Å². The summed E-state index contributed by atoms with van der Waals surface area (Å²) in [5.74, 6) is 0.168. The molecule has 1 spiro atoms. The first-order valence-corrected chi connectivity index (χ1v) is 7.84. The Balaban J connectivity index is 1.87. The van der Waals surface area contributed by atoms with E-state index in [9.17, 15) is 4.79 Å². The van der Waals surface area contributed by atoms with Gasteiger partial charge in [-0.2, -0.15) is 0 Å². The minimum atomic E-state index is -0.530. The molecule has 3 heteroatoms. The number of benzene rings is 1. The maximum atomic E-state index is 12.9. The molecule has 1 aliphatic heterocycles. The summed E-state index contributed by atoms with van der Waals surface area (Å²) in [5, 5.41) is 0. The molecule has 1 aromatic carbocycles. The topological polar surface area (TPSA) is 32.7 Å². The number of nitrogens with zero attached hydrogens (tertiary/aromatic N) is 2. The summed E-state index contributed by atoms with van der Waals surface area (Å²) in [6, 6.07) is 10.2. The van der Waals surface area contributed by atoms with Crippen LogP contribution in [0.15, 0.2) is 60.1 Å². The molecule has 1 aromatic rings. The smallest absolute Gasteiger partial charge is 0.239 e. The predicted molar refractivity (Wildman–Crippen MR) is 89.8 cm³/mol. The third-order valence-corrected chi connectivity index (χ3v) is 4.74. The molecule has 1 aliphatic carbocycles. The molecule has 1 amide bonds. The fourth-order valence-electron chi connectivity index (χ4n) is 3.64. The van der Waals surface area contributed by atoms with E-state index in [2.05, 4.69) is 25.3 Å². The van der Waals surface area contributed by atoms with Crippen LogP contribution in [0.1, 0.15) is 24.8 Å². The van der Waals surface area contributed by atoms with Gasteiger partial charge in [0.05, 0.1) is 6.54 Å². The average Bonchev–Trinajstić information content (AvgIpc) is 3.06. The van der Waals surface area contributed by atoms with Gasteiger partial charge in [0, 0.05) is 18.8 Å². The molecule has 1 saturated heterocycles. The molecule has 0 unspecified atom stereocenters. The number of carbonyl (C=O) groups is 1. The molecular formula is C19H22N2O. The molecule has 0 N–H and O–H groups in total. The highest BCUT2D eigenvalue weighted by atomic mass is 16.2. The average molecular weight is 294 g/mol. The van der Waals surface area contributed by atoms with Crippen LogP contribution >= 0.6 is 0 Å². The van der Waals surface area contributed by atoms with E-state index in [1.54, 1.807) is 6.08 Å². The number of amides is 1. The lowest BCUT2D eigenvalue weighted by atomic mass is 9.79. The molecule has 0 aromatic heterocycles. The van der Waals surface area contributed by atoms with Crippen molar-refractivity contribution in [1.82, 2.24) is 4.90 Å². The second kappa shape index (κ2) is 5.91. The molecule has 3 nitrogen and oxygen atoms in total. The molecule has 22 heavy (non-hydrogen) atoms. The van der Waals surface area contributed by atoms with Crippen LogP contribution in [0.5, 0.6) is 0 Å². The summed E-state index contributed by atoms with van der Waals surface area (Å²) in [4.78, 5) is 19.5. The van der Waals surface area contributed by atoms with Crippen molar-refractivity contribution in [3.8, 4) is 0 Å². The quantitative estimate of drug-likeness (QED) is 0.784. The van der Waals surface area contributed by atoms with Gasteiger partial charge < -0.3 is 4.90 Å². The van der Waals surface area contributed by atoms with E-state index in [4.69, 9.17) is 4.99 Å². The molecule has 1 saturated carbocycles. The highest BCUT2D eigenvalue weighted by Crippen LogP contribution is 2.47. The van der Waals surface area contributed by atoms with E-state index >= 15 is 0 Å². The second-order valence-electron chi connectivity index (χ2n) is 6.09. The van der Waals surface area contributed by atoms with E-state index in [-0.39, 0.29) is 5.91 Å². The first kappa shape index (κ1) is 14.8. The number of aliphatic imine (C=N–C) groups is 1. The second-order valence-corrected chi connectivity index (χ2v) is 6.09. The fourth-order valence-corrected chi connectivity index (χ4v) is 3.64. The zero-order valence-electron chi connectivity index (χ0n) is 12.9. The Bertz CT molecular complexity index is 632. The van der Waals surface area contributed by atoms with E-state index in [0.717, 1.165) is 30.5 Å². The van der Waals surface area contributed by atoms with Gasteiger partial charge in [-0.05, 0) is 30.4 Å². The molecule has 0 bridgehead atoms. The lowest BCUT2D eigenvalue weighted by Crippen LogP contribution is -2.38. The largest absolute Gasteiger partial charge is 0.334 e. The summed E-state index contributed by atoms with van der Waals surface area (Å²) < 4.78 is 0. The van der Waals surface area contributed by atoms with Crippen molar-refractivity contribution in [1.29, 1.82) is 0 Å². The highest BCUT2D eigenvalue weighted by molar-refractivity contribution is 6.14. The lowest BCUT2D eigenvalue weighted by Gasteiger charge is -2.24. The van der Waals surface area contributed by atoms with Crippen molar-refractivity contribution in [2.24, 2.45) is 10.4 Å². The van der Waals surface area contributed by atoms with Crippen molar-refractivity contribution < 1.29 is 4.79 Å². The summed E-state index contributed by atoms with van der Waals surface area (Å²) in [5.41, 5.74) is 2.68. The fraction of sp³-hybridized carbons (Fsp3) is 0.368. The van der Waals surface area contributed by atoms with E-state index in [1.807, 2.05) is 23.1 Å². The van der Waals surface area contributed by atoms with E-state index in [1.165, 1.54) is 5.56 Å². The van der Waals surface area contributed by atoms with E-state index < -0.39 is 5.41 Å². The van der Waals surface area contributed by atoms with Crippen molar-refractivity contribution in [2.75, 3.05) is 13.1 Å². The Labute approximate surface area is 132 Å². The first-order chi connectivity index (χ1) is 10.7. The van der Waals surface area contributed by atoms with Crippen molar-refractivity contribution in [3.05, 3.63) is 60.7 Å². The third kappa shape index (κ3) is 2.31. The molecule has 0 radical (unpaired) electrons. The minimum absolute atomic E-state index is 0.168. The number of hydrogen-bond acceptors (Lipinski definition) is 2. The van der Waals surface area contributed by atoms with Gasteiger partial charge in [0.1, 0.15) is 5.41 Å². The van der Waals surface area contributed by atoms with Crippen LogP contribution in [0.3, 0.4) is 0 Å². The molecule has 2 fully saturated rings. The van der Waals surface area contributed by atoms with E-state index in [0.29, 0.717) is 19.6 Å². The maximum Gasteiger partial charge on any atom is 0.239 e. The number of rotatable bonds is 4. The van der Waals surface area contributed by atoms with Crippen molar-refractivity contribution >= 4 is 11.6 Å². The van der Waals surface area contributed by atoms with Crippen LogP contribution in [0.2, 0.25) is 0 Å². The molecule has 1 heterocycles. The maximum absolute atomic E-state index is 12.9. The van der Waals surface area contributed by atoms with Crippen LogP contribution in [0, 0.1) is 5.41 Å². The molecule has 2 aliphatic rings. The molecule has 114 valence electrons. The normalized spacial score (nSPS) is 26.4. The Hall–Kier alpha value is -2.16. The van der Waals surface area contributed by atoms with Gasteiger partial charge in [0.15, 0.2) is 0 Å². The molecule has 3 rings (SSSR count).